The number of carbonyl (C=O) groups excluding carboxylic acids is 1. The molecule has 0 heterocycles. The van der Waals surface area contributed by atoms with Crippen molar-refractivity contribution in [2.75, 3.05) is 0 Å². The molecule has 2 bridgehead atoms. The Morgan fingerprint density at radius 3 is 2.24 bits per heavy atom. The van der Waals surface area contributed by atoms with E-state index in [2.05, 4.69) is 18.6 Å². The van der Waals surface area contributed by atoms with E-state index >= 15 is 0 Å². The van der Waals surface area contributed by atoms with E-state index < -0.39 is 18.2 Å². The van der Waals surface area contributed by atoms with Gasteiger partial charge in [0.1, 0.15) is 6.10 Å². The fourth-order valence-corrected chi connectivity index (χ4v) is 3.50. The van der Waals surface area contributed by atoms with Gasteiger partial charge in [0.25, 0.3) is 0 Å². The number of rotatable bonds is 1. The third-order valence-electron chi connectivity index (χ3n) is 5.19. The molecular formula is C12H17F3O2. The molecule has 0 aromatic rings. The zero-order chi connectivity index (χ0) is 13.1. The van der Waals surface area contributed by atoms with Crippen molar-refractivity contribution in [3.05, 3.63) is 0 Å². The zero-order valence-electron chi connectivity index (χ0n) is 10.2. The van der Waals surface area contributed by atoms with Crippen molar-refractivity contribution in [2.45, 2.75) is 52.3 Å². The van der Waals surface area contributed by atoms with Gasteiger partial charge < -0.3 is 4.74 Å². The minimum atomic E-state index is -4.89. The minimum absolute atomic E-state index is 0.0520. The van der Waals surface area contributed by atoms with Gasteiger partial charge in [0.05, 0.1) is 0 Å². The largest absolute Gasteiger partial charge is 0.490 e. The Kier molecular flexibility index (Phi) is 2.53. The molecular weight excluding hydrogens is 233 g/mol. The van der Waals surface area contributed by atoms with E-state index in [4.69, 9.17) is 0 Å². The van der Waals surface area contributed by atoms with Gasteiger partial charge in [-0.1, -0.05) is 20.8 Å². The lowest BCUT2D eigenvalue weighted by Crippen LogP contribution is -2.41. The molecule has 2 saturated carbocycles. The normalized spacial score (nSPS) is 39.4. The lowest BCUT2D eigenvalue weighted by Gasteiger charge is -2.38. The van der Waals surface area contributed by atoms with Crippen molar-refractivity contribution in [2.24, 2.45) is 16.7 Å². The van der Waals surface area contributed by atoms with E-state index in [-0.39, 0.29) is 10.8 Å². The number of fused-ring (bicyclic) bond motifs is 2. The Hall–Kier alpha value is -0.740. The predicted molar refractivity (Wildman–Crippen MR) is 55.2 cm³/mol. The van der Waals surface area contributed by atoms with Crippen molar-refractivity contribution in [3.63, 3.8) is 0 Å². The Morgan fingerprint density at radius 1 is 1.29 bits per heavy atom. The van der Waals surface area contributed by atoms with Gasteiger partial charge >= 0.3 is 12.1 Å². The molecule has 0 aliphatic heterocycles. The zero-order valence-corrected chi connectivity index (χ0v) is 10.2. The molecule has 0 radical (unpaired) electrons. The van der Waals surface area contributed by atoms with Gasteiger partial charge in [-0.2, -0.15) is 13.2 Å². The number of hydrogen-bond acceptors (Lipinski definition) is 2. The first-order valence-corrected chi connectivity index (χ1v) is 5.87. The van der Waals surface area contributed by atoms with Crippen LogP contribution in [0.5, 0.6) is 0 Å². The fourth-order valence-electron chi connectivity index (χ4n) is 3.50. The SMILES string of the molecule is CC1(C)[C@@H]2CC[C@@]1(C)[C@@H](OC(=O)C(F)(F)F)C2. The molecule has 3 atom stereocenters. The summed E-state index contributed by atoms with van der Waals surface area (Å²) in [4.78, 5) is 10.9. The van der Waals surface area contributed by atoms with Crippen LogP contribution >= 0.6 is 0 Å². The van der Waals surface area contributed by atoms with Gasteiger partial charge in [-0.25, -0.2) is 4.79 Å². The maximum absolute atomic E-state index is 12.2. The Balaban J connectivity index is 2.14. The number of alkyl halides is 3. The van der Waals surface area contributed by atoms with Crippen molar-refractivity contribution in [3.8, 4) is 0 Å². The second-order valence-corrected chi connectivity index (χ2v) is 6.00. The molecule has 5 heteroatoms. The van der Waals surface area contributed by atoms with E-state index in [0.717, 1.165) is 12.8 Å². The van der Waals surface area contributed by atoms with Crippen molar-refractivity contribution >= 4 is 5.97 Å². The lowest BCUT2D eigenvalue weighted by molar-refractivity contribution is -0.210. The molecule has 0 aromatic carbocycles. The monoisotopic (exact) mass is 250 g/mol. The maximum Gasteiger partial charge on any atom is 0.490 e. The Morgan fingerprint density at radius 2 is 1.88 bits per heavy atom. The first-order chi connectivity index (χ1) is 7.59. The van der Waals surface area contributed by atoms with Gasteiger partial charge in [-0.15, -0.1) is 0 Å². The fraction of sp³-hybridized carbons (Fsp3) is 0.917. The van der Waals surface area contributed by atoms with Crippen LogP contribution in [0.2, 0.25) is 0 Å². The molecule has 0 amide bonds. The summed E-state index contributed by atoms with van der Waals surface area (Å²) in [5, 5.41) is 0. The highest BCUT2D eigenvalue weighted by Crippen LogP contribution is 2.66. The molecule has 2 nitrogen and oxygen atoms in total. The van der Waals surface area contributed by atoms with Gasteiger partial charge in [0, 0.05) is 5.41 Å². The first kappa shape index (κ1) is 12.7. The molecule has 0 unspecified atom stereocenters. The molecule has 98 valence electrons. The molecule has 17 heavy (non-hydrogen) atoms. The minimum Gasteiger partial charge on any atom is -0.455 e. The third kappa shape index (κ3) is 1.66. The highest BCUT2D eigenvalue weighted by molar-refractivity contribution is 5.75. The van der Waals surface area contributed by atoms with Gasteiger partial charge in [-0.3, -0.25) is 0 Å². The van der Waals surface area contributed by atoms with E-state index in [9.17, 15) is 18.0 Å². The van der Waals surface area contributed by atoms with Gasteiger partial charge in [-0.05, 0) is 30.6 Å². The van der Waals surface area contributed by atoms with E-state index in [1.54, 1.807) is 0 Å². The van der Waals surface area contributed by atoms with Crippen LogP contribution in [-0.2, 0) is 9.53 Å². The summed E-state index contributed by atoms with van der Waals surface area (Å²) in [6.07, 6.45) is -3.07. The van der Waals surface area contributed by atoms with Crippen molar-refractivity contribution < 1.29 is 22.7 Å². The van der Waals surface area contributed by atoms with Crippen LogP contribution < -0.4 is 0 Å². The molecule has 2 aliphatic carbocycles. The van der Waals surface area contributed by atoms with Crippen molar-refractivity contribution in [1.82, 2.24) is 0 Å². The topological polar surface area (TPSA) is 26.3 Å². The molecule has 0 spiro atoms. The maximum atomic E-state index is 12.2. The summed E-state index contributed by atoms with van der Waals surface area (Å²) in [5.74, 6) is -1.69. The third-order valence-corrected chi connectivity index (χ3v) is 5.19. The Labute approximate surface area is 98.5 Å². The second-order valence-electron chi connectivity index (χ2n) is 6.00. The van der Waals surface area contributed by atoms with E-state index in [0.29, 0.717) is 12.3 Å². The smallest absolute Gasteiger partial charge is 0.455 e. The summed E-state index contributed by atoms with van der Waals surface area (Å²) in [5.41, 5.74) is -0.373. The number of hydrogen-bond donors (Lipinski definition) is 0. The van der Waals surface area contributed by atoms with Crippen LogP contribution in [0.25, 0.3) is 0 Å². The van der Waals surface area contributed by atoms with E-state index in [1.807, 2.05) is 6.92 Å². The number of ether oxygens (including phenoxy) is 1. The summed E-state index contributed by atoms with van der Waals surface area (Å²) in [6, 6.07) is 0. The summed E-state index contributed by atoms with van der Waals surface area (Å²) < 4.78 is 41.2. The van der Waals surface area contributed by atoms with Crippen LogP contribution in [-0.4, -0.2) is 18.2 Å². The van der Waals surface area contributed by atoms with E-state index in [1.165, 1.54) is 0 Å². The molecule has 0 saturated heterocycles. The van der Waals surface area contributed by atoms with Crippen LogP contribution in [0.1, 0.15) is 40.0 Å². The molecule has 2 fully saturated rings. The molecule has 0 aromatic heterocycles. The predicted octanol–water partition coefficient (Wildman–Crippen LogP) is 3.31. The van der Waals surface area contributed by atoms with Gasteiger partial charge in [0.15, 0.2) is 0 Å². The average Bonchev–Trinajstić information content (AvgIpc) is 2.49. The summed E-state index contributed by atoms with van der Waals surface area (Å²) in [7, 11) is 0. The Bertz CT molecular complexity index is 348. The highest BCUT2D eigenvalue weighted by atomic mass is 19.4. The van der Waals surface area contributed by atoms with Gasteiger partial charge in [0.2, 0.25) is 0 Å². The number of halogens is 3. The molecule has 0 N–H and O–H groups in total. The summed E-state index contributed by atoms with van der Waals surface area (Å²) >= 11 is 0. The van der Waals surface area contributed by atoms with Crippen LogP contribution in [0.4, 0.5) is 13.2 Å². The molecule has 2 aliphatic rings. The summed E-state index contributed by atoms with van der Waals surface area (Å²) in [6.45, 7) is 6.06. The first-order valence-electron chi connectivity index (χ1n) is 5.87. The van der Waals surface area contributed by atoms with Crippen LogP contribution in [0.15, 0.2) is 0 Å². The standard InChI is InChI=1S/C12H17F3O2/c1-10(2)7-4-5-11(10,3)8(6-7)17-9(16)12(13,14)15/h7-8H,4-6H2,1-3H3/t7-,8+,11+/m1/s1. The van der Waals surface area contributed by atoms with Crippen LogP contribution in [0, 0.1) is 16.7 Å². The average molecular weight is 250 g/mol. The second kappa shape index (κ2) is 3.39. The quantitative estimate of drug-likeness (QED) is 0.667. The van der Waals surface area contributed by atoms with Crippen molar-refractivity contribution in [1.29, 1.82) is 0 Å². The number of carbonyl (C=O) groups is 1. The lowest BCUT2D eigenvalue weighted by atomic mass is 9.70. The molecule has 2 rings (SSSR count). The number of esters is 1. The highest BCUT2D eigenvalue weighted by Gasteiger charge is 2.63. The van der Waals surface area contributed by atoms with Crippen LogP contribution in [0.3, 0.4) is 0 Å².